The van der Waals surface area contributed by atoms with Gasteiger partial charge in [-0.15, -0.1) is 12.4 Å². The first-order valence-electron chi connectivity index (χ1n) is 8.80. The Morgan fingerprint density at radius 3 is 2.70 bits per heavy atom. The minimum absolute atomic E-state index is 0. The maximum absolute atomic E-state index is 13.0. The van der Waals surface area contributed by atoms with Crippen molar-refractivity contribution in [3.63, 3.8) is 0 Å². The lowest BCUT2D eigenvalue weighted by molar-refractivity contribution is -0.134. The van der Waals surface area contributed by atoms with Crippen molar-refractivity contribution in [3.8, 4) is 0 Å². The van der Waals surface area contributed by atoms with Crippen LogP contribution in [0.2, 0.25) is 0 Å². The molecular formula is C19H29ClN2O. The van der Waals surface area contributed by atoms with E-state index < -0.39 is 0 Å². The van der Waals surface area contributed by atoms with Crippen LogP contribution >= 0.6 is 12.4 Å². The molecule has 4 heteroatoms. The van der Waals surface area contributed by atoms with E-state index in [1.165, 1.54) is 30.4 Å². The Bertz CT molecular complexity index is 512. The van der Waals surface area contributed by atoms with Gasteiger partial charge in [0.15, 0.2) is 0 Å². The van der Waals surface area contributed by atoms with E-state index in [4.69, 9.17) is 0 Å². The van der Waals surface area contributed by atoms with Gasteiger partial charge in [-0.05, 0) is 69.2 Å². The minimum Gasteiger partial charge on any atom is -0.342 e. The lowest BCUT2D eigenvalue weighted by Crippen LogP contribution is -2.42. The first-order valence-corrected chi connectivity index (χ1v) is 8.80. The van der Waals surface area contributed by atoms with Gasteiger partial charge in [-0.25, -0.2) is 0 Å². The summed E-state index contributed by atoms with van der Waals surface area (Å²) in [7, 11) is 2.01. The highest BCUT2D eigenvalue weighted by molar-refractivity contribution is 5.85. The van der Waals surface area contributed by atoms with Crippen molar-refractivity contribution in [1.82, 2.24) is 10.2 Å². The summed E-state index contributed by atoms with van der Waals surface area (Å²) in [6.07, 6.45) is 6.88. The molecule has 0 radical (unpaired) electrons. The van der Waals surface area contributed by atoms with Crippen LogP contribution in [0.5, 0.6) is 0 Å². The summed E-state index contributed by atoms with van der Waals surface area (Å²) in [6, 6.07) is 8.53. The number of hydrogen-bond acceptors (Lipinski definition) is 2. The molecule has 3 nitrogen and oxygen atoms in total. The van der Waals surface area contributed by atoms with Crippen LogP contribution in [0.1, 0.15) is 49.1 Å². The number of halogens is 1. The standard InChI is InChI=1S/C19H28N2O.ClH/c1-20-12-9-15-10-13-21(14-11-15)19(22)18-8-4-6-16-5-2-3-7-17(16)18;/h2-3,5,7,15,18,20H,4,6,8-14H2,1H3;1H. The summed E-state index contributed by atoms with van der Waals surface area (Å²) in [5.41, 5.74) is 2.67. The highest BCUT2D eigenvalue weighted by Crippen LogP contribution is 2.34. The van der Waals surface area contributed by atoms with Crippen LogP contribution in [0.25, 0.3) is 0 Å². The van der Waals surface area contributed by atoms with Crippen molar-refractivity contribution in [2.45, 2.75) is 44.4 Å². The number of hydrogen-bond donors (Lipinski definition) is 1. The maximum Gasteiger partial charge on any atom is 0.230 e. The lowest BCUT2D eigenvalue weighted by Gasteiger charge is -2.36. The summed E-state index contributed by atoms with van der Waals surface area (Å²) in [6.45, 7) is 2.99. The number of benzene rings is 1. The maximum atomic E-state index is 13.0. The van der Waals surface area contributed by atoms with Crippen molar-refractivity contribution < 1.29 is 4.79 Å². The smallest absolute Gasteiger partial charge is 0.230 e. The van der Waals surface area contributed by atoms with Gasteiger partial charge in [0.2, 0.25) is 5.91 Å². The molecule has 1 unspecified atom stereocenters. The first kappa shape index (κ1) is 18.3. The van der Waals surface area contributed by atoms with Gasteiger partial charge in [0.25, 0.3) is 0 Å². The fraction of sp³-hybridized carbons (Fsp3) is 0.632. The number of rotatable bonds is 4. The normalized spacial score (nSPS) is 21.4. The van der Waals surface area contributed by atoms with Crippen LogP contribution < -0.4 is 5.32 Å². The Morgan fingerprint density at radius 1 is 1.22 bits per heavy atom. The van der Waals surface area contributed by atoms with Gasteiger partial charge >= 0.3 is 0 Å². The molecule has 1 aliphatic carbocycles. The van der Waals surface area contributed by atoms with Crippen molar-refractivity contribution in [2.75, 3.05) is 26.7 Å². The largest absolute Gasteiger partial charge is 0.342 e. The van der Waals surface area contributed by atoms with Crippen molar-refractivity contribution in [1.29, 1.82) is 0 Å². The quantitative estimate of drug-likeness (QED) is 0.914. The molecule has 1 fully saturated rings. The Hall–Kier alpha value is -1.06. The average Bonchev–Trinajstić information content (AvgIpc) is 2.59. The lowest BCUT2D eigenvalue weighted by atomic mass is 9.81. The van der Waals surface area contributed by atoms with E-state index in [1.54, 1.807) is 0 Å². The van der Waals surface area contributed by atoms with Crippen molar-refractivity contribution in [2.24, 2.45) is 5.92 Å². The second-order valence-corrected chi connectivity index (χ2v) is 6.80. The van der Waals surface area contributed by atoms with Gasteiger partial charge in [0.05, 0.1) is 5.92 Å². The topological polar surface area (TPSA) is 32.3 Å². The number of aryl methyl sites for hydroxylation is 1. The van der Waals surface area contributed by atoms with E-state index in [-0.39, 0.29) is 18.3 Å². The van der Waals surface area contributed by atoms with E-state index in [0.717, 1.165) is 44.8 Å². The zero-order chi connectivity index (χ0) is 15.4. The van der Waals surface area contributed by atoms with E-state index in [1.807, 2.05) is 7.05 Å². The molecule has 0 aromatic heterocycles. The van der Waals surface area contributed by atoms with Crippen LogP contribution in [0, 0.1) is 5.92 Å². The number of carbonyl (C=O) groups is 1. The number of amides is 1. The molecule has 128 valence electrons. The second kappa shape index (κ2) is 8.70. The molecule has 1 aromatic rings. The third-order valence-electron chi connectivity index (χ3n) is 5.40. The number of fused-ring (bicyclic) bond motifs is 1. The summed E-state index contributed by atoms with van der Waals surface area (Å²) >= 11 is 0. The van der Waals surface area contributed by atoms with Gasteiger partial charge in [0, 0.05) is 13.1 Å². The molecule has 2 aliphatic rings. The number of likely N-dealkylation sites (tertiary alicyclic amines) is 1. The molecule has 1 heterocycles. The molecule has 0 spiro atoms. The monoisotopic (exact) mass is 336 g/mol. The fourth-order valence-corrected chi connectivity index (χ4v) is 4.02. The third kappa shape index (κ3) is 4.27. The molecule has 3 rings (SSSR count). The molecule has 0 saturated carbocycles. The van der Waals surface area contributed by atoms with Crippen LogP contribution in [0.3, 0.4) is 0 Å². The summed E-state index contributed by atoms with van der Waals surface area (Å²) < 4.78 is 0. The van der Waals surface area contributed by atoms with Gasteiger partial charge < -0.3 is 10.2 Å². The van der Waals surface area contributed by atoms with Gasteiger partial charge in [0.1, 0.15) is 0 Å². The Kier molecular flexibility index (Phi) is 6.91. The van der Waals surface area contributed by atoms with E-state index in [2.05, 4.69) is 34.5 Å². The second-order valence-electron chi connectivity index (χ2n) is 6.80. The molecule has 1 amide bonds. The molecule has 1 aromatic carbocycles. The molecule has 1 N–H and O–H groups in total. The van der Waals surface area contributed by atoms with Crippen LogP contribution in [0.15, 0.2) is 24.3 Å². The fourth-order valence-electron chi connectivity index (χ4n) is 4.02. The third-order valence-corrected chi connectivity index (χ3v) is 5.40. The number of nitrogens with zero attached hydrogens (tertiary/aromatic N) is 1. The Morgan fingerprint density at radius 2 is 1.96 bits per heavy atom. The number of nitrogens with one attached hydrogen (secondary N) is 1. The molecular weight excluding hydrogens is 308 g/mol. The zero-order valence-electron chi connectivity index (χ0n) is 14.1. The van der Waals surface area contributed by atoms with Gasteiger partial charge in [-0.2, -0.15) is 0 Å². The van der Waals surface area contributed by atoms with Crippen molar-refractivity contribution >= 4 is 18.3 Å². The van der Waals surface area contributed by atoms with Crippen molar-refractivity contribution in [3.05, 3.63) is 35.4 Å². The van der Waals surface area contributed by atoms with Crippen LogP contribution in [-0.2, 0) is 11.2 Å². The summed E-state index contributed by atoms with van der Waals surface area (Å²) in [5, 5.41) is 3.23. The first-order chi connectivity index (χ1) is 10.8. The van der Waals surface area contributed by atoms with E-state index in [9.17, 15) is 4.79 Å². The van der Waals surface area contributed by atoms with E-state index >= 15 is 0 Å². The Balaban J connectivity index is 0.00000192. The highest BCUT2D eigenvalue weighted by atomic mass is 35.5. The van der Waals surface area contributed by atoms with Crippen LogP contribution in [-0.4, -0.2) is 37.5 Å². The van der Waals surface area contributed by atoms with Gasteiger partial charge in [-0.1, -0.05) is 24.3 Å². The van der Waals surface area contributed by atoms with Gasteiger partial charge in [-0.3, -0.25) is 4.79 Å². The summed E-state index contributed by atoms with van der Waals surface area (Å²) in [4.78, 5) is 15.1. The number of piperidine rings is 1. The predicted octanol–water partition coefficient (Wildman–Crippen LogP) is 3.38. The molecule has 1 atom stereocenters. The number of carbonyl (C=O) groups excluding carboxylic acids is 1. The molecule has 1 aliphatic heterocycles. The van der Waals surface area contributed by atoms with E-state index in [0.29, 0.717) is 5.91 Å². The molecule has 0 bridgehead atoms. The molecule has 1 saturated heterocycles. The predicted molar refractivity (Wildman–Crippen MR) is 97.2 cm³/mol. The molecule has 23 heavy (non-hydrogen) atoms. The zero-order valence-corrected chi connectivity index (χ0v) is 14.9. The minimum atomic E-state index is 0. The highest BCUT2D eigenvalue weighted by Gasteiger charge is 2.31. The summed E-state index contributed by atoms with van der Waals surface area (Å²) in [5.74, 6) is 1.27. The Labute approximate surface area is 146 Å². The average molecular weight is 337 g/mol. The SMILES string of the molecule is CNCCC1CCN(C(=O)C2CCCc3ccccc32)CC1.Cl. The van der Waals surface area contributed by atoms with Crippen LogP contribution in [0.4, 0.5) is 0 Å².